The molecule has 1 amide bonds. The third-order valence-electron chi connectivity index (χ3n) is 4.50. The van der Waals surface area contributed by atoms with Crippen LogP contribution in [0.5, 0.6) is 5.75 Å². The molecule has 1 fully saturated rings. The Labute approximate surface area is 177 Å². The number of benzene rings is 1. The highest BCUT2D eigenvalue weighted by Gasteiger charge is 2.32. The van der Waals surface area contributed by atoms with Gasteiger partial charge in [0.2, 0.25) is 17.5 Å². The molecule has 0 bridgehead atoms. The van der Waals surface area contributed by atoms with Crippen LogP contribution in [-0.2, 0) is 14.3 Å². The van der Waals surface area contributed by atoms with E-state index in [1.165, 1.54) is 0 Å². The molecule has 3 N–H and O–H groups in total. The number of carbonyl (C=O) groups excluding carboxylic acids is 2. The lowest BCUT2D eigenvalue weighted by atomic mass is 10.0. The second kappa shape index (κ2) is 10.3. The number of ether oxygens (including phenoxy) is 2. The summed E-state index contributed by atoms with van der Waals surface area (Å²) in [5.41, 5.74) is -0.826. The zero-order valence-corrected chi connectivity index (χ0v) is 17.4. The molecule has 1 aromatic rings. The van der Waals surface area contributed by atoms with Crippen molar-refractivity contribution in [3.05, 3.63) is 29.3 Å². The van der Waals surface area contributed by atoms with Crippen LogP contribution < -0.4 is 15.4 Å². The van der Waals surface area contributed by atoms with Crippen molar-refractivity contribution < 1.29 is 41.7 Å². The Kier molecular flexibility index (Phi) is 8.24. The molecule has 1 aromatic carbocycles. The topological polar surface area (TPSA) is 96.9 Å². The average molecular weight is 450 g/mol. The Morgan fingerprint density at radius 1 is 1.23 bits per heavy atom. The van der Waals surface area contributed by atoms with Crippen LogP contribution in [0.25, 0.3) is 0 Å². The summed E-state index contributed by atoms with van der Waals surface area (Å²) in [5.74, 6) is -9.79. The maximum atomic E-state index is 13.8. The van der Waals surface area contributed by atoms with Crippen molar-refractivity contribution >= 4 is 11.9 Å². The van der Waals surface area contributed by atoms with E-state index in [1.807, 2.05) is 0 Å². The molecule has 1 aliphatic rings. The number of hydrogen-bond donors (Lipinski definition) is 3. The maximum Gasteiger partial charge on any atom is 0.308 e. The number of nitrogens with one attached hydrogen (secondary N) is 2. The maximum absolute atomic E-state index is 13.8. The highest BCUT2D eigenvalue weighted by molar-refractivity contribution is 5.80. The van der Waals surface area contributed by atoms with Gasteiger partial charge in [-0.2, -0.15) is 8.78 Å². The summed E-state index contributed by atoms with van der Waals surface area (Å²) in [4.78, 5) is 24.6. The molecule has 1 saturated heterocycles. The fourth-order valence-electron chi connectivity index (χ4n) is 2.99. The first-order chi connectivity index (χ1) is 14.4. The number of aliphatic hydroxyl groups is 1. The average Bonchev–Trinajstić information content (AvgIpc) is 3.19. The van der Waals surface area contributed by atoms with Gasteiger partial charge < -0.3 is 25.2 Å². The Balaban J connectivity index is 2.12. The van der Waals surface area contributed by atoms with Crippen molar-refractivity contribution in [2.75, 3.05) is 19.7 Å². The van der Waals surface area contributed by atoms with E-state index in [1.54, 1.807) is 20.8 Å². The van der Waals surface area contributed by atoms with Crippen LogP contribution >= 0.6 is 0 Å². The molecular formula is C20H26F4N2O5. The van der Waals surface area contributed by atoms with Crippen LogP contribution in [-0.4, -0.2) is 54.4 Å². The number of esters is 1. The summed E-state index contributed by atoms with van der Waals surface area (Å²) >= 11 is 0. The van der Waals surface area contributed by atoms with Crippen molar-refractivity contribution in [3.63, 3.8) is 0 Å². The van der Waals surface area contributed by atoms with Crippen LogP contribution in [0.1, 0.15) is 33.6 Å². The SMILES string of the molecule is CC(C)(C)OC(=O)C[C@H](NC(=O)C1CCNC1)C(O)COc1c(F)c(F)cc(F)c1F. The molecule has 31 heavy (non-hydrogen) atoms. The lowest BCUT2D eigenvalue weighted by molar-refractivity contribution is -0.156. The predicted molar refractivity (Wildman–Crippen MR) is 101 cm³/mol. The molecule has 0 aromatic heterocycles. The molecular weight excluding hydrogens is 424 g/mol. The number of halogens is 4. The van der Waals surface area contributed by atoms with Crippen LogP contribution in [0.15, 0.2) is 6.07 Å². The fourth-order valence-corrected chi connectivity index (χ4v) is 2.99. The molecule has 0 spiro atoms. The van der Waals surface area contributed by atoms with Crippen LogP contribution in [0, 0.1) is 29.2 Å². The molecule has 0 radical (unpaired) electrons. The van der Waals surface area contributed by atoms with Crippen molar-refractivity contribution in [3.8, 4) is 5.75 Å². The van der Waals surface area contributed by atoms with Gasteiger partial charge in [0.1, 0.15) is 18.3 Å². The number of rotatable bonds is 8. The third-order valence-corrected chi connectivity index (χ3v) is 4.50. The normalized spacial score (nSPS) is 18.4. The monoisotopic (exact) mass is 450 g/mol. The number of aliphatic hydroxyl groups excluding tert-OH is 1. The first-order valence-corrected chi connectivity index (χ1v) is 9.76. The van der Waals surface area contributed by atoms with Gasteiger partial charge in [0.05, 0.1) is 18.4 Å². The molecule has 0 aliphatic carbocycles. The fraction of sp³-hybridized carbons (Fsp3) is 0.600. The molecule has 1 aliphatic heterocycles. The summed E-state index contributed by atoms with van der Waals surface area (Å²) in [5, 5.41) is 16.0. The summed E-state index contributed by atoms with van der Waals surface area (Å²) in [6.45, 7) is 5.08. The second-order valence-corrected chi connectivity index (χ2v) is 8.27. The number of carbonyl (C=O) groups is 2. The van der Waals surface area contributed by atoms with Gasteiger partial charge in [-0.15, -0.1) is 0 Å². The minimum Gasteiger partial charge on any atom is -0.485 e. The zero-order chi connectivity index (χ0) is 23.3. The largest absolute Gasteiger partial charge is 0.485 e. The van der Waals surface area contributed by atoms with Crippen LogP contribution in [0.2, 0.25) is 0 Å². The lowest BCUT2D eigenvalue weighted by Gasteiger charge is -2.27. The summed E-state index contributed by atoms with van der Waals surface area (Å²) in [6.07, 6.45) is -1.55. The zero-order valence-electron chi connectivity index (χ0n) is 17.4. The van der Waals surface area contributed by atoms with Gasteiger partial charge in [0.15, 0.2) is 17.4 Å². The van der Waals surface area contributed by atoms with Gasteiger partial charge in [0, 0.05) is 12.6 Å². The molecule has 2 unspecified atom stereocenters. The smallest absolute Gasteiger partial charge is 0.308 e. The van der Waals surface area contributed by atoms with Crippen LogP contribution in [0.3, 0.4) is 0 Å². The van der Waals surface area contributed by atoms with Crippen molar-refractivity contribution in [2.24, 2.45) is 5.92 Å². The van der Waals surface area contributed by atoms with Crippen molar-refractivity contribution in [1.82, 2.24) is 10.6 Å². The Morgan fingerprint density at radius 3 is 2.35 bits per heavy atom. The van der Waals surface area contributed by atoms with Crippen molar-refractivity contribution in [1.29, 1.82) is 0 Å². The third kappa shape index (κ3) is 7.06. The summed E-state index contributed by atoms with van der Waals surface area (Å²) < 4.78 is 64.1. The van der Waals surface area contributed by atoms with E-state index < -0.39 is 71.7 Å². The molecule has 2 rings (SSSR count). The van der Waals surface area contributed by atoms with E-state index in [9.17, 15) is 32.3 Å². The van der Waals surface area contributed by atoms with Crippen molar-refractivity contribution in [2.45, 2.75) is 51.4 Å². The van der Waals surface area contributed by atoms with E-state index in [-0.39, 0.29) is 12.0 Å². The van der Waals surface area contributed by atoms with Crippen LogP contribution in [0.4, 0.5) is 17.6 Å². The van der Waals surface area contributed by atoms with Gasteiger partial charge in [-0.1, -0.05) is 0 Å². The number of hydrogen-bond acceptors (Lipinski definition) is 6. The summed E-state index contributed by atoms with van der Waals surface area (Å²) in [7, 11) is 0. The van der Waals surface area contributed by atoms with Gasteiger partial charge in [-0.05, 0) is 33.7 Å². The van der Waals surface area contributed by atoms with E-state index in [4.69, 9.17) is 9.47 Å². The second-order valence-electron chi connectivity index (χ2n) is 8.27. The molecule has 174 valence electrons. The molecule has 7 nitrogen and oxygen atoms in total. The van der Waals surface area contributed by atoms with E-state index in [0.717, 1.165) is 0 Å². The molecule has 11 heteroatoms. The Hall–Kier alpha value is -2.40. The Bertz CT molecular complexity index is 783. The van der Waals surface area contributed by atoms with E-state index in [0.29, 0.717) is 19.5 Å². The Morgan fingerprint density at radius 2 is 1.84 bits per heavy atom. The molecule has 3 atom stereocenters. The van der Waals surface area contributed by atoms with E-state index >= 15 is 0 Å². The first-order valence-electron chi connectivity index (χ1n) is 9.76. The quantitative estimate of drug-likeness (QED) is 0.318. The van der Waals surface area contributed by atoms with Gasteiger partial charge in [-0.25, -0.2) is 8.78 Å². The minimum absolute atomic E-state index is 0.0229. The summed E-state index contributed by atoms with van der Waals surface area (Å²) in [6, 6.07) is -1.21. The predicted octanol–water partition coefficient (Wildman–Crippen LogP) is 1.81. The number of amides is 1. The van der Waals surface area contributed by atoms with Gasteiger partial charge >= 0.3 is 5.97 Å². The standard InChI is InChI=1S/C20H26F4N2O5/c1-20(2,3)31-15(28)7-13(26-19(29)10-4-5-25-8-10)14(27)9-30-18-16(23)11(21)6-12(22)17(18)24/h6,10,13-14,25,27H,4-5,7-9H2,1-3H3,(H,26,29)/t10?,13-,14?/m0/s1. The highest BCUT2D eigenvalue weighted by atomic mass is 19.2. The first kappa shape index (κ1) is 24.9. The molecule has 1 heterocycles. The van der Waals surface area contributed by atoms with E-state index in [2.05, 4.69) is 10.6 Å². The van der Waals surface area contributed by atoms with Gasteiger partial charge in [-0.3, -0.25) is 9.59 Å². The van der Waals surface area contributed by atoms with Gasteiger partial charge in [0.25, 0.3) is 0 Å². The minimum atomic E-state index is -1.77. The molecule has 0 saturated carbocycles. The highest BCUT2D eigenvalue weighted by Crippen LogP contribution is 2.26. The lowest BCUT2D eigenvalue weighted by Crippen LogP contribution is -2.49.